The molecule has 0 radical (unpaired) electrons. The van der Waals surface area contributed by atoms with Crippen molar-refractivity contribution in [1.29, 1.82) is 0 Å². The van der Waals surface area contributed by atoms with Crippen LogP contribution < -0.4 is 9.03 Å². The number of hydrogen-bond acceptors (Lipinski definition) is 5. The third kappa shape index (κ3) is 4.71. The van der Waals surface area contributed by atoms with E-state index in [0.29, 0.717) is 11.3 Å². The second-order valence-corrected chi connectivity index (χ2v) is 9.76. The Labute approximate surface area is 196 Å². The molecule has 1 aliphatic heterocycles. The first-order valence-electron chi connectivity index (χ1n) is 10.8. The van der Waals surface area contributed by atoms with Gasteiger partial charge in [0.15, 0.2) is 0 Å². The molecule has 4 aromatic rings. The second-order valence-electron chi connectivity index (χ2n) is 7.77. The summed E-state index contributed by atoms with van der Waals surface area (Å²) in [6.07, 6.45) is 5.60. The minimum absolute atomic E-state index is 0.274. The number of hydrogen-bond donors (Lipinski definition) is 1. The number of benzene rings is 3. The van der Waals surface area contributed by atoms with Crippen molar-refractivity contribution in [2.75, 3.05) is 21.3 Å². The van der Waals surface area contributed by atoms with E-state index in [4.69, 9.17) is 0 Å². The first-order chi connectivity index (χ1) is 15.8. The van der Waals surface area contributed by atoms with E-state index < -0.39 is 0 Å². The Morgan fingerprint density at radius 1 is 0.938 bits per heavy atom. The lowest BCUT2D eigenvalue weighted by Gasteiger charge is -2.21. The number of fused-ring (bicyclic) bond motifs is 1. The Kier molecular flexibility index (Phi) is 6.51. The van der Waals surface area contributed by atoms with Crippen LogP contribution in [0.1, 0.15) is 19.3 Å². The van der Waals surface area contributed by atoms with Gasteiger partial charge in [-0.05, 0) is 90.7 Å². The molecule has 0 bridgehead atoms. The maximum absolute atomic E-state index is 14.7. The summed E-state index contributed by atoms with van der Waals surface area (Å²) >= 11 is 3.45. The van der Waals surface area contributed by atoms with Crippen LogP contribution in [0.5, 0.6) is 0 Å². The highest BCUT2D eigenvalue weighted by Gasteiger charge is 2.13. The molecule has 3 nitrogen and oxygen atoms in total. The average Bonchev–Trinajstić information content (AvgIpc) is 3.13. The van der Waals surface area contributed by atoms with Crippen molar-refractivity contribution in [2.24, 2.45) is 0 Å². The van der Waals surface area contributed by atoms with E-state index in [1.165, 1.54) is 48.7 Å². The van der Waals surface area contributed by atoms with E-state index in [2.05, 4.69) is 38.3 Å². The molecule has 6 heteroatoms. The number of rotatable bonds is 5. The molecule has 1 fully saturated rings. The molecule has 162 valence electrons. The topological polar surface area (TPSA) is 28.2 Å². The Balaban J connectivity index is 1.32. The molecule has 32 heavy (non-hydrogen) atoms. The van der Waals surface area contributed by atoms with Crippen molar-refractivity contribution >= 4 is 46.0 Å². The monoisotopic (exact) mass is 461 g/mol. The van der Waals surface area contributed by atoms with Crippen molar-refractivity contribution in [1.82, 2.24) is 4.98 Å². The predicted molar refractivity (Wildman–Crippen MR) is 137 cm³/mol. The maximum Gasteiger partial charge on any atom is 0.132 e. The molecular formula is C26H24FN3S2. The van der Waals surface area contributed by atoms with Gasteiger partial charge < -0.3 is 9.03 Å². The number of aromatic nitrogens is 1. The minimum atomic E-state index is -0.274. The van der Waals surface area contributed by atoms with Crippen molar-refractivity contribution in [3.63, 3.8) is 0 Å². The predicted octanol–water partition coefficient (Wildman–Crippen LogP) is 7.80. The fraction of sp³-hybridized carbons (Fsp3) is 0.192. The molecule has 3 aromatic carbocycles. The lowest BCUT2D eigenvalue weighted by Crippen LogP contribution is -2.14. The molecule has 1 saturated heterocycles. The van der Waals surface area contributed by atoms with Crippen molar-refractivity contribution in [3.8, 4) is 11.3 Å². The lowest BCUT2D eigenvalue weighted by atomic mass is 10.0. The van der Waals surface area contributed by atoms with Crippen LogP contribution in [-0.2, 0) is 0 Å². The van der Waals surface area contributed by atoms with Gasteiger partial charge in [0, 0.05) is 45.7 Å². The van der Waals surface area contributed by atoms with Crippen LogP contribution in [0.25, 0.3) is 22.0 Å². The molecule has 0 aliphatic carbocycles. The Bertz CT molecular complexity index is 1200. The van der Waals surface area contributed by atoms with E-state index >= 15 is 0 Å². The molecule has 1 aliphatic rings. The Morgan fingerprint density at radius 3 is 2.72 bits per heavy atom. The molecule has 0 unspecified atom stereocenters. The second kappa shape index (κ2) is 9.84. The maximum atomic E-state index is 14.7. The van der Waals surface area contributed by atoms with Crippen molar-refractivity contribution in [3.05, 3.63) is 84.8 Å². The normalized spacial score (nSPS) is 14.3. The van der Waals surface area contributed by atoms with Gasteiger partial charge in [0.1, 0.15) is 5.82 Å². The van der Waals surface area contributed by atoms with Crippen LogP contribution >= 0.6 is 23.9 Å². The lowest BCUT2D eigenvalue weighted by molar-refractivity contribution is 0.631. The minimum Gasteiger partial charge on any atom is -0.326 e. The van der Waals surface area contributed by atoms with E-state index in [9.17, 15) is 4.39 Å². The standard InChI is InChI=1S/C26H24FN3S2/c27-25-13-8-20(18-24(25)26-23-7-3-2-6-19(23)14-15-28-26)29-32-22-11-9-21(10-12-22)30-16-4-1-5-17-31-30/h2-3,6-15,18,29H,1,4-5,16-17H2. The van der Waals surface area contributed by atoms with Gasteiger partial charge in [-0.2, -0.15) is 0 Å². The van der Waals surface area contributed by atoms with Crippen LogP contribution in [0.2, 0.25) is 0 Å². The van der Waals surface area contributed by atoms with Crippen LogP contribution in [0, 0.1) is 5.82 Å². The van der Waals surface area contributed by atoms with E-state index in [0.717, 1.165) is 27.9 Å². The van der Waals surface area contributed by atoms with Gasteiger partial charge in [-0.15, -0.1) is 0 Å². The molecule has 1 N–H and O–H groups in total. The van der Waals surface area contributed by atoms with E-state index in [-0.39, 0.29) is 5.82 Å². The number of pyridine rings is 1. The Morgan fingerprint density at radius 2 is 1.81 bits per heavy atom. The molecular weight excluding hydrogens is 437 g/mol. The van der Waals surface area contributed by atoms with E-state index in [1.54, 1.807) is 12.3 Å². The van der Waals surface area contributed by atoms with Crippen LogP contribution in [0.3, 0.4) is 0 Å². The summed E-state index contributed by atoms with van der Waals surface area (Å²) in [4.78, 5) is 5.59. The van der Waals surface area contributed by atoms with Gasteiger partial charge in [-0.1, -0.05) is 30.7 Å². The number of anilines is 2. The summed E-state index contributed by atoms with van der Waals surface area (Å²) in [6, 6.07) is 23.6. The molecule has 0 atom stereocenters. The molecule has 5 rings (SSSR count). The highest BCUT2D eigenvalue weighted by molar-refractivity contribution is 8.00. The van der Waals surface area contributed by atoms with Crippen LogP contribution in [0.4, 0.5) is 15.8 Å². The van der Waals surface area contributed by atoms with Gasteiger partial charge in [-0.3, -0.25) is 4.98 Å². The summed E-state index contributed by atoms with van der Waals surface area (Å²) < 4.78 is 20.5. The first-order valence-corrected chi connectivity index (χ1v) is 12.6. The molecule has 0 saturated carbocycles. The van der Waals surface area contributed by atoms with Crippen molar-refractivity contribution in [2.45, 2.75) is 24.2 Å². The van der Waals surface area contributed by atoms with Gasteiger partial charge in [0.25, 0.3) is 0 Å². The highest BCUT2D eigenvalue weighted by atomic mass is 32.2. The summed E-state index contributed by atoms with van der Waals surface area (Å²) in [5.41, 5.74) is 3.26. The van der Waals surface area contributed by atoms with Gasteiger partial charge >= 0.3 is 0 Å². The summed E-state index contributed by atoms with van der Waals surface area (Å²) in [5.74, 6) is 0.917. The zero-order chi connectivity index (χ0) is 21.8. The largest absolute Gasteiger partial charge is 0.326 e. The van der Waals surface area contributed by atoms with E-state index in [1.807, 2.05) is 48.3 Å². The SMILES string of the molecule is Fc1ccc(NSc2ccc(N3CCCCCS3)cc2)cc1-c1nccc2ccccc12. The number of halogens is 1. The van der Waals surface area contributed by atoms with Crippen LogP contribution in [-0.4, -0.2) is 17.3 Å². The number of nitrogens with zero attached hydrogens (tertiary/aromatic N) is 2. The quantitative estimate of drug-likeness (QED) is 0.306. The smallest absolute Gasteiger partial charge is 0.132 e. The zero-order valence-electron chi connectivity index (χ0n) is 17.6. The van der Waals surface area contributed by atoms with Gasteiger partial charge in [0.2, 0.25) is 0 Å². The average molecular weight is 462 g/mol. The molecule has 1 aromatic heterocycles. The summed E-state index contributed by atoms with van der Waals surface area (Å²) in [5, 5.41) is 1.99. The summed E-state index contributed by atoms with van der Waals surface area (Å²) in [6.45, 7) is 1.11. The Hall–Kier alpha value is -2.70. The molecule has 2 heterocycles. The first kappa shape index (κ1) is 21.2. The van der Waals surface area contributed by atoms with Gasteiger partial charge in [0.05, 0.1) is 5.69 Å². The third-order valence-corrected chi connectivity index (χ3v) is 7.58. The highest BCUT2D eigenvalue weighted by Crippen LogP contribution is 2.33. The van der Waals surface area contributed by atoms with Crippen LogP contribution in [0.15, 0.2) is 83.9 Å². The number of nitrogens with one attached hydrogen (secondary N) is 1. The van der Waals surface area contributed by atoms with Crippen molar-refractivity contribution < 1.29 is 4.39 Å². The van der Waals surface area contributed by atoms with Gasteiger partial charge in [-0.25, -0.2) is 4.39 Å². The fourth-order valence-corrected chi connectivity index (χ4v) is 5.60. The zero-order valence-corrected chi connectivity index (χ0v) is 19.3. The molecule has 0 spiro atoms. The summed E-state index contributed by atoms with van der Waals surface area (Å²) in [7, 11) is 0. The third-order valence-electron chi connectivity index (χ3n) is 5.56. The molecule has 0 amide bonds. The fourth-order valence-electron chi connectivity index (χ4n) is 3.88.